The summed E-state index contributed by atoms with van der Waals surface area (Å²) in [5, 5.41) is 11.6. The van der Waals surface area contributed by atoms with E-state index in [2.05, 4.69) is 15.3 Å². The number of aryl methyl sites for hydroxylation is 1. The second kappa shape index (κ2) is 5.90. The number of carbonyl (C=O) groups is 1. The second-order valence-electron chi connectivity index (χ2n) is 3.88. The molecule has 0 unspecified atom stereocenters. The topological polar surface area (TPSA) is 75.1 Å². The normalized spacial score (nSPS) is 10.2. The van der Waals surface area contributed by atoms with Gasteiger partial charge in [-0.1, -0.05) is 0 Å². The number of benzene rings is 1. The lowest BCUT2D eigenvalue weighted by Crippen LogP contribution is -2.03. The maximum absolute atomic E-state index is 12.8. The summed E-state index contributed by atoms with van der Waals surface area (Å²) < 4.78 is 12.8. The van der Waals surface area contributed by atoms with Gasteiger partial charge in [0.05, 0.1) is 6.42 Å². The first-order chi connectivity index (χ1) is 9.13. The molecule has 1 heterocycles. The van der Waals surface area contributed by atoms with Gasteiger partial charge >= 0.3 is 5.97 Å². The van der Waals surface area contributed by atoms with Gasteiger partial charge in [-0.15, -0.1) is 0 Å². The minimum absolute atomic E-state index is 0.0139. The number of nitrogens with zero attached hydrogens (tertiary/aromatic N) is 2. The summed E-state index contributed by atoms with van der Waals surface area (Å²) >= 11 is 0. The Morgan fingerprint density at radius 3 is 2.68 bits per heavy atom. The largest absolute Gasteiger partial charge is 0.481 e. The van der Waals surface area contributed by atoms with Gasteiger partial charge in [0.15, 0.2) is 0 Å². The molecule has 1 aromatic carbocycles. The van der Waals surface area contributed by atoms with Gasteiger partial charge in [-0.3, -0.25) is 4.79 Å². The van der Waals surface area contributed by atoms with E-state index in [0.717, 1.165) is 0 Å². The van der Waals surface area contributed by atoms with E-state index < -0.39 is 5.97 Å². The first kappa shape index (κ1) is 12.9. The third-order valence-electron chi connectivity index (χ3n) is 2.38. The summed E-state index contributed by atoms with van der Waals surface area (Å²) in [7, 11) is 0. The molecule has 0 spiro atoms. The van der Waals surface area contributed by atoms with Crippen molar-refractivity contribution >= 4 is 17.5 Å². The fraction of sp³-hybridized carbons (Fsp3) is 0.154. The first-order valence-corrected chi connectivity index (χ1v) is 5.70. The Labute approximate surface area is 109 Å². The molecule has 19 heavy (non-hydrogen) atoms. The molecule has 0 aliphatic rings. The number of hydrogen-bond acceptors (Lipinski definition) is 4. The van der Waals surface area contributed by atoms with E-state index in [1.54, 1.807) is 24.4 Å². The molecule has 0 amide bonds. The van der Waals surface area contributed by atoms with Crippen LogP contribution in [0.4, 0.5) is 15.9 Å². The Bertz CT molecular complexity index is 572. The maximum Gasteiger partial charge on any atom is 0.303 e. The van der Waals surface area contributed by atoms with Crippen molar-refractivity contribution in [3.8, 4) is 0 Å². The molecule has 0 bridgehead atoms. The molecule has 98 valence electrons. The summed E-state index contributed by atoms with van der Waals surface area (Å²) in [6.45, 7) is 0. The van der Waals surface area contributed by atoms with Gasteiger partial charge < -0.3 is 10.4 Å². The molecular weight excluding hydrogens is 249 g/mol. The smallest absolute Gasteiger partial charge is 0.303 e. The number of carboxylic acids is 1. The van der Waals surface area contributed by atoms with Crippen LogP contribution in [0.25, 0.3) is 0 Å². The number of halogens is 1. The van der Waals surface area contributed by atoms with Crippen LogP contribution in [-0.2, 0) is 11.2 Å². The van der Waals surface area contributed by atoms with Crippen LogP contribution in [0.1, 0.15) is 12.2 Å². The van der Waals surface area contributed by atoms with Crippen LogP contribution >= 0.6 is 0 Å². The number of aliphatic carboxylic acids is 1. The van der Waals surface area contributed by atoms with Crippen LogP contribution in [0.2, 0.25) is 0 Å². The predicted molar refractivity (Wildman–Crippen MR) is 67.7 cm³/mol. The quantitative estimate of drug-likeness (QED) is 0.864. The van der Waals surface area contributed by atoms with Crippen LogP contribution in [0.5, 0.6) is 0 Å². The van der Waals surface area contributed by atoms with E-state index in [1.165, 1.54) is 12.1 Å². The third-order valence-corrected chi connectivity index (χ3v) is 2.38. The number of carboxylic acid groups (broad SMARTS) is 1. The van der Waals surface area contributed by atoms with E-state index in [4.69, 9.17) is 5.11 Å². The van der Waals surface area contributed by atoms with Gasteiger partial charge in [0.2, 0.25) is 0 Å². The molecule has 0 atom stereocenters. The summed E-state index contributed by atoms with van der Waals surface area (Å²) in [6, 6.07) is 7.53. The van der Waals surface area contributed by atoms with Gasteiger partial charge in [-0.2, -0.15) is 0 Å². The van der Waals surface area contributed by atoms with Crippen molar-refractivity contribution in [2.24, 2.45) is 0 Å². The lowest BCUT2D eigenvalue weighted by atomic mass is 10.3. The molecule has 5 nitrogen and oxygen atoms in total. The minimum Gasteiger partial charge on any atom is -0.481 e. The Morgan fingerprint density at radius 2 is 2.00 bits per heavy atom. The summed E-state index contributed by atoms with van der Waals surface area (Å²) in [5.74, 6) is -0.201. The number of aromatic nitrogens is 2. The SMILES string of the molecule is O=C(O)CCc1nccc(Nc2ccc(F)cc2)n1. The van der Waals surface area contributed by atoms with Crippen molar-refractivity contribution in [2.45, 2.75) is 12.8 Å². The van der Waals surface area contributed by atoms with E-state index in [0.29, 0.717) is 17.3 Å². The number of anilines is 2. The van der Waals surface area contributed by atoms with Gasteiger partial charge in [0.1, 0.15) is 17.5 Å². The fourth-order valence-corrected chi connectivity index (χ4v) is 1.49. The fourth-order valence-electron chi connectivity index (χ4n) is 1.49. The zero-order valence-corrected chi connectivity index (χ0v) is 10.0. The molecule has 2 N–H and O–H groups in total. The lowest BCUT2D eigenvalue weighted by molar-refractivity contribution is -0.137. The third kappa shape index (κ3) is 4.02. The van der Waals surface area contributed by atoms with Crippen LogP contribution in [0, 0.1) is 5.82 Å². The van der Waals surface area contributed by atoms with Crippen molar-refractivity contribution in [2.75, 3.05) is 5.32 Å². The van der Waals surface area contributed by atoms with Gasteiger partial charge in [-0.05, 0) is 30.3 Å². The van der Waals surface area contributed by atoms with Gasteiger partial charge in [-0.25, -0.2) is 14.4 Å². The summed E-state index contributed by atoms with van der Waals surface area (Å²) in [4.78, 5) is 18.6. The Hall–Kier alpha value is -2.50. The molecule has 2 rings (SSSR count). The Balaban J connectivity index is 2.06. The highest BCUT2D eigenvalue weighted by Crippen LogP contribution is 2.14. The van der Waals surface area contributed by atoms with Crippen LogP contribution < -0.4 is 5.32 Å². The van der Waals surface area contributed by atoms with Crippen molar-refractivity contribution < 1.29 is 14.3 Å². The maximum atomic E-state index is 12.8. The molecule has 0 radical (unpaired) electrons. The van der Waals surface area contributed by atoms with Crippen molar-refractivity contribution in [1.82, 2.24) is 9.97 Å². The van der Waals surface area contributed by atoms with Crippen LogP contribution in [-0.4, -0.2) is 21.0 Å². The molecule has 0 fully saturated rings. The van der Waals surface area contributed by atoms with E-state index in [9.17, 15) is 9.18 Å². The summed E-state index contributed by atoms with van der Waals surface area (Å²) in [5.41, 5.74) is 0.698. The monoisotopic (exact) mass is 261 g/mol. The highest BCUT2D eigenvalue weighted by Gasteiger charge is 2.03. The molecule has 0 aliphatic heterocycles. The highest BCUT2D eigenvalue weighted by molar-refractivity contribution is 5.66. The van der Waals surface area contributed by atoms with E-state index >= 15 is 0 Å². The Morgan fingerprint density at radius 1 is 1.26 bits per heavy atom. The molecule has 0 aliphatic carbocycles. The first-order valence-electron chi connectivity index (χ1n) is 5.70. The van der Waals surface area contributed by atoms with Gasteiger partial charge in [0.25, 0.3) is 0 Å². The minimum atomic E-state index is -0.888. The van der Waals surface area contributed by atoms with Crippen LogP contribution in [0.3, 0.4) is 0 Å². The van der Waals surface area contributed by atoms with E-state index in [1.807, 2.05) is 0 Å². The molecule has 0 saturated heterocycles. The average Bonchev–Trinajstić information content (AvgIpc) is 2.40. The van der Waals surface area contributed by atoms with Crippen molar-refractivity contribution in [1.29, 1.82) is 0 Å². The Kier molecular flexibility index (Phi) is 4.02. The molecule has 6 heteroatoms. The van der Waals surface area contributed by atoms with Crippen LogP contribution in [0.15, 0.2) is 36.5 Å². The lowest BCUT2D eigenvalue weighted by Gasteiger charge is -2.06. The zero-order chi connectivity index (χ0) is 13.7. The number of rotatable bonds is 5. The van der Waals surface area contributed by atoms with Crippen molar-refractivity contribution in [3.05, 3.63) is 48.2 Å². The predicted octanol–water partition coefficient (Wildman–Crippen LogP) is 2.38. The average molecular weight is 261 g/mol. The van der Waals surface area contributed by atoms with Gasteiger partial charge in [0, 0.05) is 18.3 Å². The van der Waals surface area contributed by atoms with Crippen molar-refractivity contribution in [3.63, 3.8) is 0 Å². The standard InChI is InChI=1S/C13H12FN3O2/c14-9-1-3-10(4-2-9)16-12-7-8-15-11(17-12)5-6-13(18)19/h1-4,7-8H,5-6H2,(H,18,19)(H,15,16,17). The number of nitrogens with one attached hydrogen (secondary N) is 1. The second-order valence-corrected chi connectivity index (χ2v) is 3.88. The van der Waals surface area contributed by atoms with E-state index in [-0.39, 0.29) is 18.7 Å². The molecule has 0 saturated carbocycles. The zero-order valence-electron chi connectivity index (χ0n) is 10.0. The highest BCUT2D eigenvalue weighted by atomic mass is 19.1. The number of hydrogen-bond donors (Lipinski definition) is 2. The summed E-state index contributed by atoms with van der Waals surface area (Å²) in [6.07, 6.45) is 1.81. The molecule has 1 aromatic heterocycles. The molecular formula is C13H12FN3O2. The molecule has 2 aromatic rings.